The standard InChI is InChI=1S/C11H12NO3.3C4H9.Sn/c1-3-8(2)11(13)9-4-6-10(7-5-9)12(14)15;3*1-3-4-2;/h3-8,11,13H,1-2H2;3*1,3-4H2,2H3;/t8-,11+;;;;/m1..../s1. The first-order valence-electron chi connectivity index (χ1n) is 11.0. The molecule has 0 radical (unpaired) electrons. The van der Waals surface area contributed by atoms with Gasteiger partial charge in [-0.2, -0.15) is 0 Å². The summed E-state index contributed by atoms with van der Waals surface area (Å²) in [6.07, 6.45) is 8.94. The van der Waals surface area contributed by atoms with Crippen molar-refractivity contribution in [1.29, 1.82) is 0 Å². The van der Waals surface area contributed by atoms with Crippen LogP contribution in [0.3, 0.4) is 0 Å². The van der Waals surface area contributed by atoms with Gasteiger partial charge in [-0.15, -0.1) is 0 Å². The fourth-order valence-electron chi connectivity index (χ4n) is 4.20. The Hall–Kier alpha value is -0.881. The van der Waals surface area contributed by atoms with E-state index in [1.54, 1.807) is 12.1 Å². The van der Waals surface area contributed by atoms with Gasteiger partial charge in [-0.1, -0.05) is 0 Å². The van der Waals surface area contributed by atoms with E-state index in [-0.39, 0.29) is 11.6 Å². The van der Waals surface area contributed by atoms with Gasteiger partial charge in [0.25, 0.3) is 0 Å². The van der Waals surface area contributed by atoms with E-state index in [1.165, 1.54) is 64.0 Å². The summed E-state index contributed by atoms with van der Waals surface area (Å²) in [4.78, 5) is 10.5. The summed E-state index contributed by atoms with van der Waals surface area (Å²) in [6.45, 7) is 10.9. The van der Waals surface area contributed by atoms with E-state index in [9.17, 15) is 15.2 Å². The van der Waals surface area contributed by atoms with Gasteiger partial charge in [0.1, 0.15) is 0 Å². The summed E-state index contributed by atoms with van der Waals surface area (Å²) in [5.74, 6) is 0.0443. The summed E-state index contributed by atoms with van der Waals surface area (Å²) in [7, 11) is 0. The van der Waals surface area contributed by atoms with E-state index >= 15 is 0 Å². The fourth-order valence-corrected chi connectivity index (χ4v) is 21.5. The second-order valence-corrected chi connectivity index (χ2v) is 22.2. The van der Waals surface area contributed by atoms with Gasteiger partial charge in [0.15, 0.2) is 0 Å². The number of non-ortho nitro benzene ring substituents is 1. The molecule has 0 amide bonds. The van der Waals surface area contributed by atoms with Crippen LogP contribution in [0.2, 0.25) is 17.7 Å². The maximum atomic E-state index is 11.0. The van der Waals surface area contributed by atoms with Gasteiger partial charge >= 0.3 is 176 Å². The molecule has 0 aromatic heterocycles. The third-order valence-electron chi connectivity index (χ3n) is 6.00. The number of nitrogens with zero attached hydrogens (tertiary/aromatic N) is 1. The Bertz CT molecular complexity index is 566. The van der Waals surface area contributed by atoms with Crippen molar-refractivity contribution in [2.45, 2.75) is 83.1 Å². The van der Waals surface area contributed by atoms with Crippen LogP contribution in [0.4, 0.5) is 5.69 Å². The predicted octanol–water partition coefficient (Wildman–Crippen LogP) is 7.28. The first kappa shape index (κ1) is 25.2. The van der Waals surface area contributed by atoms with Gasteiger partial charge in [-0.3, -0.25) is 0 Å². The van der Waals surface area contributed by atoms with E-state index in [0.717, 1.165) is 10.0 Å². The minimum absolute atomic E-state index is 0.0443. The zero-order chi connectivity index (χ0) is 21.0. The van der Waals surface area contributed by atoms with Crippen molar-refractivity contribution in [3.63, 3.8) is 0 Å². The number of benzene rings is 1. The SMILES string of the molecule is C=C[C@@H]([CH2][Sn]([CH2]CCC)([CH2]CCC)[CH2]CCC)[C@H](O)c1ccc([N+](=O)[O-])cc1. The maximum absolute atomic E-state index is 11.0. The molecule has 0 fully saturated rings. The quantitative estimate of drug-likeness (QED) is 0.120. The van der Waals surface area contributed by atoms with Crippen molar-refractivity contribution in [3.05, 3.63) is 52.6 Å². The van der Waals surface area contributed by atoms with Gasteiger partial charge in [0, 0.05) is 0 Å². The number of hydrogen-bond acceptors (Lipinski definition) is 3. The van der Waals surface area contributed by atoms with Crippen LogP contribution in [0.1, 0.15) is 71.0 Å². The summed E-state index contributed by atoms with van der Waals surface area (Å²) in [6, 6.07) is 6.36. The third-order valence-corrected chi connectivity index (χ3v) is 21.9. The molecule has 0 saturated heterocycles. The van der Waals surface area contributed by atoms with Crippen molar-refractivity contribution in [1.82, 2.24) is 0 Å². The molecule has 0 heterocycles. The molecule has 0 aliphatic carbocycles. The summed E-state index contributed by atoms with van der Waals surface area (Å²) in [5.41, 5.74) is 0.825. The van der Waals surface area contributed by atoms with Crippen LogP contribution in [-0.4, -0.2) is 28.4 Å². The van der Waals surface area contributed by atoms with Crippen molar-refractivity contribution in [2.75, 3.05) is 0 Å². The van der Waals surface area contributed by atoms with Crippen molar-refractivity contribution >= 4 is 24.1 Å². The zero-order valence-electron chi connectivity index (χ0n) is 18.0. The van der Waals surface area contributed by atoms with Crippen LogP contribution in [0, 0.1) is 16.0 Å². The molecule has 1 rings (SSSR count). The van der Waals surface area contributed by atoms with E-state index in [1.807, 2.05) is 6.08 Å². The molecule has 1 aromatic rings. The molecule has 1 N–H and O–H groups in total. The Kier molecular flexibility index (Phi) is 12.0. The number of rotatable bonds is 15. The average molecular weight is 496 g/mol. The molecular weight excluding hydrogens is 457 g/mol. The average Bonchev–Trinajstić information content (AvgIpc) is 2.72. The van der Waals surface area contributed by atoms with Gasteiger partial charge in [-0.25, -0.2) is 0 Å². The van der Waals surface area contributed by atoms with Crippen LogP contribution in [0.15, 0.2) is 36.9 Å². The van der Waals surface area contributed by atoms with Gasteiger partial charge in [0.2, 0.25) is 0 Å². The minimum atomic E-state index is -2.40. The molecule has 0 bridgehead atoms. The van der Waals surface area contributed by atoms with E-state index in [2.05, 4.69) is 27.4 Å². The summed E-state index contributed by atoms with van der Waals surface area (Å²) >= 11 is -2.40. The molecule has 0 aliphatic rings. The van der Waals surface area contributed by atoms with Crippen LogP contribution >= 0.6 is 0 Å². The van der Waals surface area contributed by atoms with Crippen molar-refractivity contribution in [2.24, 2.45) is 5.92 Å². The molecule has 1 aromatic carbocycles. The first-order chi connectivity index (χ1) is 13.4. The molecule has 2 atom stereocenters. The Morgan fingerprint density at radius 2 is 1.50 bits per heavy atom. The monoisotopic (exact) mass is 497 g/mol. The van der Waals surface area contributed by atoms with E-state index < -0.39 is 29.4 Å². The topological polar surface area (TPSA) is 63.4 Å². The Morgan fingerprint density at radius 3 is 1.86 bits per heavy atom. The van der Waals surface area contributed by atoms with Crippen LogP contribution in [0.25, 0.3) is 0 Å². The first-order valence-corrected chi connectivity index (χ1v) is 19.0. The molecule has 5 heteroatoms. The Morgan fingerprint density at radius 1 is 1.04 bits per heavy atom. The molecule has 0 aliphatic heterocycles. The Balaban J connectivity index is 3.04. The third kappa shape index (κ3) is 7.86. The predicted molar refractivity (Wildman–Crippen MR) is 121 cm³/mol. The van der Waals surface area contributed by atoms with Crippen LogP contribution in [-0.2, 0) is 0 Å². The summed E-state index contributed by atoms with van der Waals surface area (Å²) in [5, 5.41) is 21.9. The molecule has 28 heavy (non-hydrogen) atoms. The second-order valence-electron chi connectivity index (χ2n) is 8.21. The van der Waals surface area contributed by atoms with Gasteiger partial charge in [0.05, 0.1) is 0 Å². The van der Waals surface area contributed by atoms with E-state index in [4.69, 9.17) is 0 Å². The molecule has 0 spiro atoms. The molecule has 0 saturated carbocycles. The number of aliphatic hydroxyl groups is 1. The van der Waals surface area contributed by atoms with Gasteiger partial charge < -0.3 is 0 Å². The van der Waals surface area contributed by atoms with Crippen molar-refractivity contribution < 1.29 is 10.0 Å². The number of hydrogen-bond donors (Lipinski definition) is 1. The number of aliphatic hydroxyl groups excluding tert-OH is 1. The number of nitro groups is 1. The summed E-state index contributed by atoms with van der Waals surface area (Å²) < 4.78 is 5.35. The number of unbranched alkanes of at least 4 members (excludes halogenated alkanes) is 3. The number of nitro benzene ring substituents is 1. The second kappa shape index (κ2) is 13.4. The zero-order valence-corrected chi connectivity index (χ0v) is 20.9. The van der Waals surface area contributed by atoms with Crippen LogP contribution < -0.4 is 0 Å². The molecular formula is C23H39NO3Sn. The molecule has 4 nitrogen and oxygen atoms in total. The fraction of sp³-hybridized carbons (Fsp3) is 0.652. The van der Waals surface area contributed by atoms with Crippen LogP contribution in [0.5, 0.6) is 0 Å². The Labute approximate surface area is 175 Å². The van der Waals surface area contributed by atoms with E-state index in [0.29, 0.717) is 0 Å². The van der Waals surface area contributed by atoms with Gasteiger partial charge in [-0.05, 0) is 0 Å². The normalized spacial score (nSPS) is 13.9. The molecule has 0 unspecified atom stereocenters. The molecule has 158 valence electrons. The van der Waals surface area contributed by atoms with Crippen molar-refractivity contribution in [3.8, 4) is 0 Å².